The van der Waals surface area contributed by atoms with Crippen molar-refractivity contribution in [3.63, 3.8) is 0 Å². The topological polar surface area (TPSA) is 27.7 Å². The van der Waals surface area contributed by atoms with Gasteiger partial charge < -0.3 is 14.2 Å². The van der Waals surface area contributed by atoms with E-state index in [2.05, 4.69) is 54.6 Å². The van der Waals surface area contributed by atoms with Crippen molar-refractivity contribution in [1.82, 2.24) is 0 Å². The van der Waals surface area contributed by atoms with E-state index in [1.54, 1.807) is 7.11 Å². The first-order valence-corrected chi connectivity index (χ1v) is 9.13. The van der Waals surface area contributed by atoms with Crippen LogP contribution in [0.2, 0.25) is 0 Å². The molecule has 3 heteroatoms. The first-order chi connectivity index (χ1) is 12.8. The first kappa shape index (κ1) is 17.1. The molecule has 0 radical (unpaired) electrons. The quantitative estimate of drug-likeness (QED) is 0.644. The molecule has 0 aromatic heterocycles. The van der Waals surface area contributed by atoms with Gasteiger partial charge in [0.25, 0.3) is 0 Å². The van der Waals surface area contributed by atoms with Gasteiger partial charge >= 0.3 is 0 Å². The van der Waals surface area contributed by atoms with Crippen molar-refractivity contribution in [2.24, 2.45) is 0 Å². The van der Waals surface area contributed by atoms with Crippen LogP contribution in [0.1, 0.15) is 24.0 Å². The molecule has 3 aromatic carbocycles. The summed E-state index contributed by atoms with van der Waals surface area (Å²) >= 11 is 0. The molecule has 0 spiro atoms. The Morgan fingerprint density at radius 3 is 2.35 bits per heavy atom. The van der Waals surface area contributed by atoms with Gasteiger partial charge in [-0.2, -0.15) is 0 Å². The van der Waals surface area contributed by atoms with Crippen LogP contribution in [0.3, 0.4) is 0 Å². The van der Waals surface area contributed by atoms with Gasteiger partial charge in [-0.3, -0.25) is 0 Å². The maximum atomic E-state index is 5.98. The molecule has 1 fully saturated rings. The highest BCUT2D eigenvalue weighted by Crippen LogP contribution is 2.36. The van der Waals surface area contributed by atoms with Crippen LogP contribution in [0.25, 0.3) is 10.8 Å². The third-order valence-electron chi connectivity index (χ3n) is 5.29. The van der Waals surface area contributed by atoms with Crippen molar-refractivity contribution >= 4 is 10.8 Å². The highest BCUT2D eigenvalue weighted by atomic mass is 16.5. The number of benzene rings is 3. The molecule has 0 unspecified atom stereocenters. The lowest BCUT2D eigenvalue weighted by Gasteiger charge is -2.36. The minimum atomic E-state index is -0.227. The van der Waals surface area contributed by atoms with Crippen LogP contribution in [0.5, 0.6) is 5.75 Å². The molecule has 1 heterocycles. The van der Waals surface area contributed by atoms with Crippen molar-refractivity contribution in [2.75, 3.05) is 20.3 Å². The number of hydrogen-bond acceptors (Lipinski definition) is 3. The smallest absolute Gasteiger partial charge is 0.119 e. The fraction of sp³-hybridized carbons (Fsp3) is 0.304. The summed E-state index contributed by atoms with van der Waals surface area (Å²) in [6, 6.07) is 23.1. The van der Waals surface area contributed by atoms with E-state index >= 15 is 0 Å². The zero-order valence-electron chi connectivity index (χ0n) is 15.1. The summed E-state index contributed by atoms with van der Waals surface area (Å²) in [6.45, 7) is 2.05. The Bertz CT molecular complexity index is 864. The Hall–Kier alpha value is -2.36. The minimum Gasteiger partial charge on any atom is -0.489 e. The van der Waals surface area contributed by atoms with Crippen LogP contribution in [-0.4, -0.2) is 20.3 Å². The van der Waals surface area contributed by atoms with Crippen molar-refractivity contribution in [2.45, 2.75) is 25.0 Å². The van der Waals surface area contributed by atoms with Crippen molar-refractivity contribution < 1.29 is 14.2 Å². The van der Waals surface area contributed by atoms with Crippen LogP contribution in [-0.2, 0) is 21.7 Å². The maximum absolute atomic E-state index is 5.98. The van der Waals surface area contributed by atoms with Gasteiger partial charge in [-0.15, -0.1) is 0 Å². The molecule has 0 bridgehead atoms. The first-order valence-electron chi connectivity index (χ1n) is 9.13. The summed E-state index contributed by atoms with van der Waals surface area (Å²) in [7, 11) is 1.79. The second kappa shape index (κ2) is 7.48. The molecule has 0 amide bonds. The highest BCUT2D eigenvalue weighted by Gasteiger charge is 2.34. The minimum absolute atomic E-state index is 0.227. The van der Waals surface area contributed by atoms with Gasteiger partial charge in [0.15, 0.2) is 0 Å². The second-order valence-electron chi connectivity index (χ2n) is 6.81. The molecule has 1 aliphatic heterocycles. The molecular weight excluding hydrogens is 324 g/mol. The van der Waals surface area contributed by atoms with Gasteiger partial charge in [-0.05, 0) is 40.1 Å². The largest absolute Gasteiger partial charge is 0.489 e. The van der Waals surface area contributed by atoms with E-state index in [4.69, 9.17) is 14.2 Å². The molecule has 134 valence electrons. The lowest BCUT2D eigenvalue weighted by Crippen LogP contribution is -2.35. The van der Waals surface area contributed by atoms with Gasteiger partial charge in [0.05, 0.1) is 5.60 Å². The summed E-state index contributed by atoms with van der Waals surface area (Å²) in [5.41, 5.74) is 2.14. The Morgan fingerprint density at radius 2 is 1.62 bits per heavy atom. The second-order valence-corrected chi connectivity index (χ2v) is 6.81. The lowest BCUT2D eigenvalue weighted by atomic mass is 9.86. The average molecular weight is 348 g/mol. The van der Waals surface area contributed by atoms with Crippen LogP contribution in [0.4, 0.5) is 0 Å². The van der Waals surface area contributed by atoms with Crippen LogP contribution < -0.4 is 4.74 Å². The summed E-state index contributed by atoms with van der Waals surface area (Å²) in [4.78, 5) is 0. The van der Waals surface area contributed by atoms with E-state index in [9.17, 15) is 0 Å². The van der Waals surface area contributed by atoms with E-state index in [0.29, 0.717) is 6.61 Å². The number of rotatable bonds is 5. The van der Waals surface area contributed by atoms with Crippen LogP contribution in [0.15, 0.2) is 66.7 Å². The summed E-state index contributed by atoms with van der Waals surface area (Å²) in [5, 5.41) is 2.49. The molecular formula is C23H24O3. The van der Waals surface area contributed by atoms with Gasteiger partial charge in [0.2, 0.25) is 0 Å². The van der Waals surface area contributed by atoms with Crippen LogP contribution in [0, 0.1) is 0 Å². The normalized spacial score (nSPS) is 16.5. The molecule has 0 saturated carbocycles. The fourth-order valence-electron chi connectivity index (χ4n) is 3.66. The molecule has 0 atom stereocenters. The average Bonchev–Trinajstić information content (AvgIpc) is 2.73. The zero-order valence-corrected chi connectivity index (χ0v) is 15.1. The summed E-state index contributed by atoms with van der Waals surface area (Å²) < 4.78 is 17.3. The van der Waals surface area contributed by atoms with Gasteiger partial charge in [0, 0.05) is 33.2 Å². The van der Waals surface area contributed by atoms with Crippen molar-refractivity contribution in [3.05, 3.63) is 77.9 Å². The predicted octanol–water partition coefficient (Wildman–Crippen LogP) is 5.07. The third kappa shape index (κ3) is 3.46. The SMILES string of the molecule is COC1(c2ccc(OCc3ccc4ccccc4c3)cc2)CCOCC1. The van der Waals surface area contributed by atoms with E-state index in [-0.39, 0.29) is 5.60 Å². The lowest BCUT2D eigenvalue weighted by molar-refractivity contribution is -0.0948. The molecule has 0 N–H and O–H groups in total. The number of methoxy groups -OCH3 is 1. The van der Waals surface area contributed by atoms with E-state index < -0.39 is 0 Å². The van der Waals surface area contributed by atoms with Crippen molar-refractivity contribution in [3.8, 4) is 5.75 Å². The number of hydrogen-bond donors (Lipinski definition) is 0. The highest BCUT2D eigenvalue weighted by molar-refractivity contribution is 5.82. The summed E-state index contributed by atoms with van der Waals surface area (Å²) in [5.74, 6) is 0.875. The molecule has 26 heavy (non-hydrogen) atoms. The molecule has 3 aromatic rings. The standard InChI is InChI=1S/C23H24O3/c1-24-23(12-14-25-15-13-23)21-8-10-22(11-9-21)26-17-18-6-7-19-4-2-3-5-20(19)16-18/h2-11,16H,12-15,17H2,1H3. The Balaban J connectivity index is 1.45. The number of fused-ring (bicyclic) bond motifs is 1. The Kier molecular flexibility index (Phi) is 4.91. The fourth-order valence-corrected chi connectivity index (χ4v) is 3.66. The molecule has 1 aliphatic rings. The molecule has 0 aliphatic carbocycles. The molecule has 3 nitrogen and oxygen atoms in total. The zero-order chi connectivity index (χ0) is 17.8. The van der Waals surface area contributed by atoms with Gasteiger partial charge in [-0.1, -0.05) is 48.5 Å². The van der Waals surface area contributed by atoms with E-state index in [0.717, 1.165) is 31.8 Å². The monoisotopic (exact) mass is 348 g/mol. The van der Waals surface area contributed by atoms with Gasteiger partial charge in [0.1, 0.15) is 12.4 Å². The van der Waals surface area contributed by atoms with Crippen LogP contribution >= 0.6 is 0 Å². The summed E-state index contributed by atoms with van der Waals surface area (Å²) in [6.07, 6.45) is 1.78. The van der Waals surface area contributed by atoms with Crippen molar-refractivity contribution in [1.29, 1.82) is 0 Å². The molecule has 4 rings (SSSR count). The maximum Gasteiger partial charge on any atom is 0.119 e. The van der Waals surface area contributed by atoms with E-state index in [1.807, 2.05) is 12.1 Å². The van der Waals surface area contributed by atoms with Gasteiger partial charge in [-0.25, -0.2) is 0 Å². The Morgan fingerprint density at radius 1 is 0.885 bits per heavy atom. The predicted molar refractivity (Wildman–Crippen MR) is 103 cm³/mol. The Labute approximate surface area is 154 Å². The van der Waals surface area contributed by atoms with E-state index in [1.165, 1.54) is 21.9 Å². The molecule has 1 saturated heterocycles. The number of ether oxygens (including phenoxy) is 3. The third-order valence-corrected chi connectivity index (χ3v) is 5.29.